The molecule has 10 rings (SSSR count). The van der Waals surface area contributed by atoms with E-state index < -0.39 is 0 Å². The van der Waals surface area contributed by atoms with Gasteiger partial charge in [-0.25, -0.2) is 4.98 Å². The minimum absolute atomic E-state index is 0. The van der Waals surface area contributed by atoms with Crippen LogP contribution in [0.4, 0.5) is 39.8 Å². The summed E-state index contributed by atoms with van der Waals surface area (Å²) in [6.07, 6.45) is 1.93. The Morgan fingerprint density at radius 2 is 1.18 bits per heavy atom. The van der Waals surface area contributed by atoms with Crippen LogP contribution in [0.2, 0.25) is 0 Å². The second-order valence-corrected chi connectivity index (χ2v) is 17.9. The number of pyridine rings is 1. The maximum atomic E-state index is 4.94. The summed E-state index contributed by atoms with van der Waals surface area (Å²) in [5, 5.41) is 2.29. The fourth-order valence-corrected chi connectivity index (χ4v) is 8.51. The number of hydrogen-bond acceptors (Lipinski definition) is 4. The van der Waals surface area contributed by atoms with Gasteiger partial charge in [-0.15, -0.1) is 48.1 Å². The van der Waals surface area contributed by atoms with Crippen molar-refractivity contribution in [1.82, 2.24) is 9.55 Å². The standard InChI is InChI=1S/C56H48N5.Pt/c1-55(2,3)40-28-30-46(39-18-9-7-10-19-39)52(34-40)59-38-58(50-26-15-16-27-51(50)59)43-22-17-23-44(36-43)60(42-20-11-8-12-21-42)45-29-31-48-47-24-13-14-25-49(47)61(53(48)37-45)54-35-41(32-33-57-54)56(4,5)6;/h7-35,38H,1-6H3;/q-3;. The van der Waals surface area contributed by atoms with Crippen LogP contribution in [-0.2, 0) is 31.9 Å². The van der Waals surface area contributed by atoms with E-state index in [1.54, 1.807) is 0 Å². The summed E-state index contributed by atoms with van der Waals surface area (Å²) in [5.74, 6) is 0.878. The molecule has 1 aliphatic rings. The Hall–Kier alpha value is -6.42. The molecule has 3 heterocycles. The van der Waals surface area contributed by atoms with Crippen molar-refractivity contribution in [2.45, 2.75) is 52.4 Å². The van der Waals surface area contributed by atoms with E-state index in [-0.39, 0.29) is 31.9 Å². The molecule has 0 fully saturated rings. The number of fused-ring (bicyclic) bond motifs is 4. The summed E-state index contributed by atoms with van der Waals surface area (Å²) in [4.78, 5) is 11.8. The smallest absolute Gasteiger partial charge is 0.135 e. The van der Waals surface area contributed by atoms with Crippen molar-refractivity contribution in [1.29, 1.82) is 0 Å². The summed E-state index contributed by atoms with van der Waals surface area (Å²) in [5.41, 5.74) is 14.0. The average molecular weight is 986 g/mol. The van der Waals surface area contributed by atoms with Crippen LogP contribution < -0.4 is 14.7 Å². The van der Waals surface area contributed by atoms with E-state index in [9.17, 15) is 0 Å². The number of nitrogens with zero attached hydrogens (tertiary/aromatic N) is 5. The van der Waals surface area contributed by atoms with Crippen LogP contribution in [-0.4, -0.2) is 9.55 Å². The molecule has 0 amide bonds. The maximum Gasteiger partial charge on any atom is 0.135 e. The molecule has 0 N–H and O–H groups in total. The predicted molar refractivity (Wildman–Crippen MR) is 255 cm³/mol. The van der Waals surface area contributed by atoms with Crippen LogP contribution in [0.1, 0.15) is 52.7 Å². The zero-order valence-corrected chi connectivity index (χ0v) is 38.1. The Kier molecular flexibility index (Phi) is 10.7. The molecular weight excluding hydrogens is 938 g/mol. The van der Waals surface area contributed by atoms with Gasteiger partial charge >= 0.3 is 0 Å². The molecule has 0 unspecified atom stereocenters. The van der Waals surface area contributed by atoms with E-state index in [1.807, 2.05) is 6.20 Å². The van der Waals surface area contributed by atoms with Crippen molar-refractivity contribution in [3.05, 3.63) is 206 Å². The Balaban J connectivity index is 0.00000490. The SMILES string of the molecule is CC(C)(C)c1ccnc(-n2c3[c-]c(N(c4[c-]c(N5[CH-]N(c6cc(C(C)(C)C)ccc6-c6ccccc6)c6ccccc65)ccc4)c4ccccc4)ccc3c3ccccc32)c1.[Pt]. The first kappa shape index (κ1) is 41.0. The van der Waals surface area contributed by atoms with Gasteiger partial charge in [-0.2, -0.15) is 12.1 Å². The van der Waals surface area contributed by atoms with E-state index in [1.165, 1.54) is 27.6 Å². The molecule has 0 aliphatic carbocycles. The van der Waals surface area contributed by atoms with Gasteiger partial charge in [-0.3, -0.25) is 0 Å². The second kappa shape index (κ2) is 16.1. The van der Waals surface area contributed by atoms with Gasteiger partial charge in [0, 0.05) is 61.1 Å². The zero-order valence-electron chi connectivity index (χ0n) is 35.9. The second-order valence-electron chi connectivity index (χ2n) is 17.9. The minimum atomic E-state index is -0.0265. The van der Waals surface area contributed by atoms with Gasteiger partial charge in [0.2, 0.25) is 0 Å². The van der Waals surface area contributed by atoms with E-state index in [2.05, 4.69) is 249 Å². The fourth-order valence-electron chi connectivity index (χ4n) is 8.51. The van der Waals surface area contributed by atoms with E-state index in [4.69, 9.17) is 4.98 Å². The topological polar surface area (TPSA) is 27.5 Å². The van der Waals surface area contributed by atoms with Crippen molar-refractivity contribution >= 4 is 61.6 Å². The normalized spacial score (nSPS) is 12.7. The van der Waals surface area contributed by atoms with Crippen LogP contribution in [0.25, 0.3) is 38.8 Å². The molecule has 2 aromatic heterocycles. The minimum Gasteiger partial charge on any atom is -0.493 e. The molecular formula is C56H48N5Pt-3. The van der Waals surface area contributed by atoms with Crippen LogP contribution in [0.3, 0.4) is 0 Å². The molecule has 7 aromatic carbocycles. The molecule has 310 valence electrons. The van der Waals surface area contributed by atoms with Crippen LogP contribution in [0.5, 0.6) is 0 Å². The molecule has 0 radical (unpaired) electrons. The first-order valence-corrected chi connectivity index (χ1v) is 21.1. The summed E-state index contributed by atoms with van der Waals surface area (Å²) in [6.45, 7) is 15.8. The van der Waals surface area contributed by atoms with Gasteiger partial charge in [0.15, 0.2) is 0 Å². The molecule has 0 saturated carbocycles. The van der Waals surface area contributed by atoms with Gasteiger partial charge in [0.05, 0.1) is 0 Å². The molecule has 1 aliphatic heterocycles. The number of anilines is 7. The van der Waals surface area contributed by atoms with E-state index >= 15 is 0 Å². The quantitative estimate of drug-likeness (QED) is 0.149. The molecule has 0 spiro atoms. The number of hydrogen-bond donors (Lipinski definition) is 0. The fraction of sp³-hybridized carbons (Fsp3) is 0.143. The summed E-state index contributed by atoms with van der Waals surface area (Å²) in [6, 6.07) is 68.3. The molecule has 62 heavy (non-hydrogen) atoms. The van der Waals surface area contributed by atoms with Crippen molar-refractivity contribution in [2.75, 3.05) is 14.7 Å². The molecule has 6 heteroatoms. The van der Waals surface area contributed by atoms with Gasteiger partial charge in [-0.05, 0) is 81.4 Å². The third kappa shape index (κ3) is 7.39. The summed E-state index contributed by atoms with van der Waals surface area (Å²) >= 11 is 0. The van der Waals surface area contributed by atoms with Crippen molar-refractivity contribution in [3.63, 3.8) is 0 Å². The van der Waals surface area contributed by atoms with Crippen LogP contribution in [0, 0.1) is 18.8 Å². The monoisotopic (exact) mass is 985 g/mol. The first-order valence-electron chi connectivity index (χ1n) is 21.1. The number of rotatable bonds is 7. The summed E-state index contributed by atoms with van der Waals surface area (Å²) < 4.78 is 2.26. The molecule has 0 bridgehead atoms. The number of benzene rings is 7. The van der Waals surface area contributed by atoms with Crippen LogP contribution >= 0.6 is 0 Å². The Bertz CT molecular complexity index is 3050. The molecule has 5 nitrogen and oxygen atoms in total. The van der Waals surface area contributed by atoms with E-state index in [0.717, 1.165) is 62.0 Å². The summed E-state index contributed by atoms with van der Waals surface area (Å²) in [7, 11) is 0. The molecule has 0 atom stereocenters. The van der Waals surface area contributed by atoms with Crippen molar-refractivity contribution in [2.24, 2.45) is 0 Å². The zero-order chi connectivity index (χ0) is 41.9. The molecule has 0 saturated heterocycles. The third-order valence-corrected chi connectivity index (χ3v) is 11.8. The Morgan fingerprint density at radius 3 is 1.92 bits per heavy atom. The van der Waals surface area contributed by atoms with Crippen molar-refractivity contribution in [3.8, 4) is 16.9 Å². The van der Waals surface area contributed by atoms with E-state index in [0.29, 0.717) is 0 Å². The Labute approximate surface area is 380 Å². The predicted octanol–water partition coefficient (Wildman–Crippen LogP) is 14.9. The molecule has 9 aromatic rings. The van der Waals surface area contributed by atoms with Crippen molar-refractivity contribution < 1.29 is 21.1 Å². The largest absolute Gasteiger partial charge is 0.493 e. The third-order valence-electron chi connectivity index (χ3n) is 11.8. The first-order chi connectivity index (χ1) is 29.5. The van der Waals surface area contributed by atoms with Crippen LogP contribution in [0.15, 0.2) is 176 Å². The van der Waals surface area contributed by atoms with Gasteiger partial charge in [-0.1, -0.05) is 149 Å². The number of para-hydroxylation sites is 4. The Morgan fingerprint density at radius 1 is 0.532 bits per heavy atom. The average Bonchev–Trinajstić information content (AvgIpc) is 3.83. The maximum absolute atomic E-state index is 4.94. The number of aromatic nitrogens is 2. The van der Waals surface area contributed by atoms with Gasteiger partial charge < -0.3 is 19.3 Å². The van der Waals surface area contributed by atoms with Gasteiger partial charge in [0.25, 0.3) is 0 Å². The van der Waals surface area contributed by atoms with Gasteiger partial charge in [0.1, 0.15) is 5.82 Å².